The van der Waals surface area contributed by atoms with Gasteiger partial charge in [0.05, 0.1) is 9.09 Å². The van der Waals surface area contributed by atoms with Crippen molar-refractivity contribution < 1.29 is 4.79 Å². The van der Waals surface area contributed by atoms with Crippen LogP contribution in [0.5, 0.6) is 0 Å². The summed E-state index contributed by atoms with van der Waals surface area (Å²) in [5.74, 6) is 1.12. The Morgan fingerprint density at radius 2 is 1.56 bits per heavy atom. The molecule has 0 unspecified atom stereocenters. The number of unbranched alkanes of at least 4 members (excludes halogenated alkanes) is 1. The molecule has 0 N–H and O–H groups in total. The minimum atomic E-state index is 0.835. The van der Waals surface area contributed by atoms with E-state index in [2.05, 4.69) is 49.4 Å². The van der Waals surface area contributed by atoms with Gasteiger partial charge in [0, 0.05) is 31.3 Å². The summed E-state index contributed by atoms with van der Waals surface area (Å²) in [4.78, 5) is 12.6. The van der Waals surface area contributed by atoms with Crippen LogP contribution in [0.4, 0.5) is 0 Å². The van der Waals surface area contributed by atoms with Crippen LogP contribution in [0, 0.1) is 0 Å². The molecular weight excluding hydrogens is 364 g/mol. The maximum Gasteiger partial charge on any atom is 0.160 e. The summed E-state index contributed by atoms with van der Waals surface area (Å²) in [6.07, 6.45) is 3.43. The topological polar surface area (TPSA) is 17.1 Å². The molecule has 0 aliphatic carbocycles. The molecule has 0 bridgehead atoms. The van der Waals surface area contributed by atoms with E-state index in [0.717, 1.165) is 22.5 Å². The zero-order chi connectivity index (χ0) is 17.2. The van der Waals surface area contributed by atoms with Gasteiger partial charge in [-0.25, -0.2) is 0 Å². The standard InChI is InChI=1S/C21H18OS3/c1-2-3-12-23-21-20(15-9-5-7-11-17(15)25-21)19-14-8-4-6-10-16(14)24-18(19)13-22/h4-11,13H,2-3,12H2,1H3. The van der Waals surface area contributed by atoms with Crippen LogP contribution >= 0.6 is 34.4 Å². The van der Waals surface area contributed by atoms with Gasteiger partial charge in [0.2, 0.25) is 0 Å². The average molecular weight is 383 g/mol. The van der Waals surface area contributed by atoms with E-state index in [-0.39, 0.29) is 0 Å². The first-order chi connectivity index (χ1) is 12.3. The Morgan fingerprint density at radius 1 is 0.920 bits per heavy atom. The van der Waals surface area contributed by atoms with Crippen LogP contribution < -0.4 is 0 Å². The lowest BCUT2D eigenvalue weighted by Crippen LogP contribution is -1.84. The molecule has 0 saturated carbocycles. The molecule has 4 rings (SSSR count). The van der Waals surface area contributed by atoms with E-state index in [1.54, 1.807) is 11.3 Å². The van der Waals surface area contributed by atoms with Gasteiger partial charge in [0.1, 0.15) is 0 Å². The predicted molar refractivity (Wildman–Crippen MR) is 114 cm³/mol. The fraction of sp³-hybridized carbons (Fsp3) is 0.190. The second-order valence-electron chi connectivity index (χ2n) is 5.92. The van der Waals surface area contributed by atoms with Crippen LogP contribution in [0.15, 0.2) is 52.7 Å². The molecule has 0 amide bonds. The zero-order valence-electron chi connectivity index (χ0n) is 14.0. The van der Waals surface area contributed by atoms with Gasteiger partial charge >= 0.3 is 0 Å². The molecule has 0 atom stereocenters. The van der Waals surface area contributed by atoms with E-state index in [9.17, 15) is 4.79 Å². The van der Waals surface area contributed by atoms with Crippen LogP contribution in [0.1, 0.15) is 29.4 Å². The SMILES string of the molecule is CCCCSc1sc2ccccc2c1-c1c(C=O)sc2ccccc12. The lowest BCUT2D eigenvalue weighted by atomic mass is 10.0. The number of hydrogen-bond donors (Lipinski definition) is 0. The highest BCUT2D eigenvalue weighted by atomic mass is 32.2. The summed E-state index contributed by atoms with van der Waals surface area (Å²) < 4.78 is 3.81. The molecule has 0 aliphatic rings. The molecule has 2 heterocycles. The summed E-state index contributed by atoms with van der Waals surface area (Å²) >= 11 is 5.38. The highest BCUT2D eigenvalue weighted by Gasteiger charge is 2.21. The minimum absolute atomic E-state index is 0.835. The van der Waals surface area contributed by atoms with Gasteiger partial charge in [0.25, 0.3) is 0 Å². The highest BCUT2D eigenvalue weighted by Crippen LogP contribution is 2.49. The second-order valence-corrected chi connectivity index (χ2v) is 9.42. The highest BCUT2D eigenvalue weighted by molar-refractivity contribution is 8.01. The van der Waals surface area contributed by atoms with Crippen LogP contribution in [0.3, 0.4) is 0 Å². The predicted octanol–water partition coefficient (Wildman–Crippen LogP) is 7.49. The molecule has 2 aromatic heterocycles. The lowest BCUT2D eigenvalue weighted by Gasteiger charge is -2.05. The van der Waals surface area contributed by atoms with Crippen molar-refractivity contribution in [3.63, 3.8) is 0 Å². The number of rotatable bonds is 6. The third-order valence-electron chi connectivity index (χ3n) is 4.27. The summed E-state index contributed by atoms with van der Waals surface area (Å²) in [6, 6.07) is 16.9. The molecular formula is C21H18OS3. The van der Waals surface area contributed by atoms with E-state index in [0.29, 0.717) is 0 Å². The Morgan fingerprint density at radius 3 is 2.24 bits per heavy atom. The summed E-state index contributed by atoms with van der Waals surface area (Å²) in [5.41, 5.74) is 2.37. The first kappa shape index (κ1) is 16.8. The molecule has 2 aromatic carbocycles. The van der Waals surface area contributed by atoms with Gasteiger partial charge in [-0.05, 0) is 24.3 Å². The maximum absolute atomic E-state index is 11.8. The number of hydrogen-bond acceptors (Lipinski definition) is 4. The van der Waals surface area contributed by atoms with Gasteiger partial charge < -0.3 is 0 Å². The smallest absolute Gasteiger partial charge is 0.160 e. The first-order valence-electron chi connectivity index (χ1n) is 8.45. The van der Waals surface area contributed by atoms with Crippen LogP contribution in [0.2, 0.25) is 0 Å². The van der Waals surface area contributed by atoms with Gasteiger partial charge in [-0.1, -0.05) is 49.7 Å². The molecule has 1 nitrogen and oxygen atoms in total. The monoisotopic (exact) mass is 382 g/mol. The van der Waals surface area contributed by atoms with Crippen molar-refractivity contribution in [2.75, 3.05) is 5.75 Å². The number of benzene rings is 2. The van der Waals surface area contributed by atoms with E-state index < -0.39 is 0 Å². The minimum Gasteiger partial charge on any atom is -0.297 e. The number of thiophene rings is 2. The maximum atomic E-state index is 11.8. The molecule has 0 spiro atoms. The van der Waals surface area contributed by atoms with Crippen molar-refractivity contribution in [3.05, 3.63) is 53.4 Å². The normalized spacial score (nSPS) is 11.4. The van der Waals surface area contributed by atoms with Gasteiger partial charge in [0.15, 0.2) is 6.29 Å². The number of thioether (sulfide) groups is 1. The summed E-state index contributed by atoms with van der Waals surface area (Å²) in [5, 5.41) is 2.45. The largest absolute Gasteiger partial charge is 0.297 e. The van der Waals surface area contributed by atoms with Crippen molar-refractivity contribution in [2.45, 2.75) is 24.0 Å². The van der Waals surface area contributed by atoms with Gasteiger partial charge in [-0.15, -0.1) is 34.4 Å². The van der Waals surface area contributed by atoms with Crippen LogP contribution in [0.25, 0.3) is 31.3 Å². The number of fused-ring (bicyclic) bond motifs is 2. The van der Waals surface area contributed by atoms with E-state index in [4.69, 9.17) is 0 Å². The van der Waals surface area contributed by atoms with Crippen molar-refractivity contribution in [3.8, 4) is 11.1 Å². The Balaban J connectivity index is 1.99. The van der Waals surface area contributed by atoms with E-state index in [1.165, 1.54) is 42.8 Å². The number of carbonyl (C=O) groups is 1. The molecule has 25 heavy (non-hydrogen) atoms. The van der Waals surface area contributed by atoms with Crippen LogP contribution in [-0.2, 0) is 0 Å². The van der Waals surface area contributed by atoms with Crippen molar-refractivity contribution in [2.24, 2.45) is 0 Å². The molecule has 0 fully saturated rings. The Hall–Kier alpha value is -1.62. The fourth-order valence-electron chi connectivity index (χ4n) is 3.08. The summed E-state index contributed by atoms with van der Waals surface area (Å²) in [6.45, 7) is 2.23. The Bertz CT molecular complexity index is 1040. The molecule has 126 valence electrons. The number of carbonyl (C=O) groups excluding carboxylic acids is 1. The zero-order valence-corrected chi connectivity index (χ0v) is 16.4. The molecule has 0 saturated heterocycles. The molecule has 4 aromatic rings. The third kappa shape index (κ3) is 3.03. The Kier molecular flexibility index (Phi) is 4.93. The van der Waals surface area contributed by atoms with Crippen molar-refractivity contribution in [1.29, 1.82) is 0 Å². The number of aldehydes is 1. The summed E-state index contributed by atoms with van der Waals surface area (Å²) in [7, 11) is 0. The second kappa shape index (κ2) is 7.32. The van der Waals surface area contributed by atoms with Crippen LogP contribution in [-0.4, -0.2) is 12.0 Å². The van der Waals surface area contributed by atoms with Crippen molar-refractivity contribution in [1.82, 2.24) is 0 Å². The van der Waals surface area contributed by atoms with Gasteiger partial charge in [-0.2, -0.15) is 0 Å². The molecule has 0 radical (unpaired) electrons. The Labute approximate surface area is 159 Å². The van der Waals surface area contributed by atoms with E-state index in [1.807, 2.05) is 29.2 Å². The quantitative estimate of drug-likeness (QED) is 0.195. The molecule has 4 heteroatoms. The fourth-order valence-corrected chi connectivity index (χ4v) is 6.77. The third-order valence-corrected chi connectivity index (χ3v) is 7.90. The average Bonchev–Trinajstić information content (AvgIpc) is 3.19. The van der Waals surface area contributed by atoms with E-state index >= 15 is 0 Å². The first-order valence-corrected chi connectivity index (χ1v) is 11.1. The van der Waals surface area contributed by atoms with Gasteiger partial charge in [-0.3, -0.25) is 4.79 Å². The van der Waals surface area contributed by atoms with Crippen molar-refractivity contribution >= 4 is 60.9 Å². The lowest BCUT2D eigenvalue weighted by molar-refractivity contribution is 0.112. The molecule has 0 aliphatic heterocycles.